The highest BCUT2D eigenvalue weighted by Crippen LogP contribution is 2.08. The van der Waals surface area contributed by atoms with Crippen LogP contribution in [0.2, 0.25) is 0 Å². The Morgan fingerprint density at radius 2 is 1.80 bits per heavy atom. The summed E-state index contributed by atoms with van der Waals surface area (Å²) in [6, 6.07) is 17.4. The van der Waals surface area contributed by atoms with Crippen molar-refractivity contribution in [2.45, 2.75) is 26.4 Å². The van der Waals surface area contributed by atoms with Crippen LogP contribution in [0.3, 0.4) is 0 Å². The fraction of sp³-hybridized carbons (Fsp3) is 0.238. The first-order valence-corrected chi connectivity index (χ1v) is 8.33. The zero-order valence-electron chi connectivity index (χ0n) is 14.4. The van der Waals surface area contributed by atoms with Gasteiger partial charge in [-0.3, -0.25) is 4.79 Å². The molecule has 2 aromatic carbocycles. The summed E-state index contributed by atoms with van der Waals surface area (Å²) in [5.74, 6) is 0.152. The lowest BCUT2D eigenvalue weighted by Gasteiger charge is -2.06. The minimum Gasteiger partial charge on any atom is -0.445 e. The number of ketones is 1. The van der Waals surface area contributed by atoms with Crippen molar-refractivity contribution in [3.63, 3.8) is 0 Å². The molecule has 0 bridgehead atoms. The predicted molar refractivity (Wildman–Crippen MR) is 99.1 cm³/mol. The zero-order chi connectivity index (χ0) is 17.9. The molecule has 4 heteroatoms. The number of ether oxygens (including phenoxy) is 1. The lowest BCUT2D eigenvalue weighted by Crippen LogP contribution is -2.24. The third kappa shape index (κ3) is 7.48. The quantitative estimate of drug-likeness (QED) is 0.736. The van der Waals surface area contributed by atoms with Gasteiger partial charge in [-0.2, -0.15) is 0 Å². The van der Waals surface area contributed by atoms with Gasteiger partial charge in [-0.25, -0.2) is 4.79 Å². The van der Waals surface area contributed by atoms with Crippen molar-refractivity contribution in [1.29, 1.82) is 0 Å². The molecule has 25 heavy (non-hydrogen) atoms. The molecule has 0 spiro atoms. The van der Waals surface area contributed by atoms with Crippen molar-refractivity contribution >= 4 is 18.0 Å². The molecule has 0 saturated heterocycles. The summed E-state index contributed by atoms with van der Waals surface area (Å²) in [7, 11) is 0. The molecule has 2 rings (SSSR count). The van der Waals surface area contributed by atoms with E-state index in [1.54, 1.807) is 6.92 Å². The Hall–Kier alpha value is -2.88. The number of amides is 1. The maximum atomic E-state index is 11.6. The van der Waals surface area contributed by atoms with Gasteiger partial charge in [0.2, 0.25) is 0 Å². The maximum Gasteiger partial charge on any atom is 0.407 e. The van der Waals surface area contributed by atoms with E-state index < -0.39 is 6.09 Å². The molecule has 130 valence electrons. The average molecular weight is 337 g/mol. The van der Waals surface area contributed by atoms with Crippen LogP contribution in [-0.4, -0.2) is 18.4 Å². The van der Waals surface area contributed by atoms with E-state index in [0.717, 1.165) is 16.7 Å². The summed E-state index contributed by atoms with van der Waals surface area (Å²) in [5, 5.41) is 2.72. The van der Waals surface area contributed by atoms with E-state index in [1.165, 1.54) is 0 Å². The van der Waals surface area contributed by atoms with Crippen LogP contribution in [-0.2, 0) is 22.6 Å². The number of carbonyl (C=O) groups excluding carboxylic acids is 2. The summed E-state index contributed by atoms with van der Waals surface area (Å²) in [6.07, 6.45) is 4.72. The van der Waals surface area contributed by atoms with Gasteiger partial charge >= 0.3 is 6.09 Å². The lowest BCUT2D eigenvalue weighted by molar-refractivity contribution is -0.116. The van der Waals surface area contributed by atoms with Gasteiger partial charge in [-0.15, -0.1) is 0 Å². The minimum atomic E-state index is -0.416. The zero-order valence-corrected chi connectivity index (χ0v) is 14.4. The van der Waals surface area contributed by atoms with E-state index in [0.29, 0.717) is 19.4 Å². The molecule has 0 aliphatic rings. The molecule has 0 saturated carbocycles. The Morgan fingerprint density at radius 1 is 1.04 bits per heavy atom. The molecule has 1 N–H and O–H groups in total. The lowest BCUT2D eigenvalue weighted by atomic mass is 10.1. The van der Waals surface area contributed by atoms with E-state index in [-0.39, 0.29) is 12.4 Å². The highest BCUT2D eigenvalue weighted by atomic mass is 16.5. The molecule has 0 unspecified atom stereocenters. The Morgan fingerprint density at radius 3 is 2.56 bits per heavy atom. The molecule has 0 radical (unpaired) electrons. The van der Waals surface area contributed by atoms with Crippen LogP contribution in [0, 0.1) is 0 Å². The summed E-state index contributed by atoms with van der Waals surface area (Å²) in [6.45, 7) is 2.37. The fourth-order valence-electron chi connectivity index (χ4n) is 2.35. The highest BCUT2D eigenvalue weighted by Gasteiger charge is 2.01. The van der Waals surface area contributed by atoms with Gasteiger partial charge in [0, 0.05) is 13.0 Å². The SMILES string of the molecule is CC(=O)Cc1cccc(C=CCCNC(=O)OCc2ccccc2)c1. The van der Waals surface area contributed by atoms with Crippen LogP contribution in [0.15, 0.2) is 60.7 Å². The first kappa shape index (κ1) is 18.5. The number of carbonyl (C=O) groups is 2. The second-order valence-corrected chi connectivity index (χ2v) is 5.80. The van der Waals surface area contributed by atoms with Gasteiger partial charge in [0.1, 0.15) is 12.4 Å². The smallest absolute Gasteiger partial charge is 0.407 e. The van der Waals surface area contributed by atoms with Gasteiger partial charge in [-0.1, -0.05) is 66.7 Å². The molecule has 0 aliphatic heterocycles. The summed E-state index contributed by atoms with van der Waals surface area (Å²) >= 11 is 0. The van der Waals surface area contributed by atoms with E-state index in [2.05, 4.69) is 5.32 Å². The van der Waals surface area contributed by atoms with Crippen LogP contribution in [0.1, 0.15) is 30.0 Å². The topological polar surface area (TPSA) is 55.4 Å². The molecule has 0 fully saturated rings. The molecule has 0 aliphatic carbocycles. The van der Waals surface area contributed by atoms with Crippen LogP contribution in [0.5, 0.6) is 0 Å². The minimum absolute atomic E-state index is 0.152. The third-order valence-corrected chi connectivity index (χ3v) is 3.51. The highest BCUT2D eigenvalue weighted by molar-refractivity contribution is 5.78. The third-order valence-electron chi connectivity index (χ3n) is 3.51. The van der Waals surface area contributed by atoms with Gasteiger partial charge in [0.25, 0.3) is 0 Å². The number of Topliss-reactive ketones (excluding diaryl/α,β-unsaturated/α-hetero) is 1. The van der Waals surface area contributed by atoms with Crippen molar-refractivity contribution < 1.29 is 14.3 Å². The molecule has 4 nitrogen and oxygen atoms in total. The number of benzene rings is 2. The molecule has 2 aromatic rings. The Labute approximate surface area is 148 Å². The Balaban J connectivity index is 1.67. The van der Waals surface area contributed by atoms with Crippen molar-refractivity contribution in [1.82, 2.24) is 5.32 Å². The number of nitrogens with one attached hydrogen (secondary N) is 1. The number of hydrogen-bond donors (Lipinski definition) is 1. The first-order chi connectivity index (χ1) is 12.1. The second kappa shape index (κ2) is 10.1. The van der Waals surface area contributed by atoms with Crippen molar-refractivity contribution in [2.75, 3.05) is 6.54 Å². The normalized spacial score (nSPS) is 10.6. The summed E-state index contributed by atoms with van der Waals surface area (Å²) in [4.78, 5) is 22.8. The monoisotopic (exact) mass is 337 g/mol. The van der Waals surface area contributed by atoms with Crippen molar-refractivity contribution in [3.8, 4) is 0 Å². The maximum absolute atomic E-state index is 11.6. The van der Waals surface area contributed by atoms with Crippen LogP contribution < -0.4 is 5.32 Å². The van der Waals surface area contributed by atoms with E-state index >= 15 is 0 Å². The Kier molecular flexibility index (Phi) is 7.44. The molecule has 1 amide bonds. The van der Waals surface area contributed by atoms with Crippen LogP contribution >= 0.6 is 0 Å². The molecule has 0 atom stereocenters. The van der Waals surface area contributed by atoms with Crippen molar-refractivity contribution in [3.05, 3.63) is 77.4 Å². The summed E-state index contributed by atoms with van der Waals surface area (Å²) < 4.78 is 5.14. The number of alkyl carbamates (subject to hydrolysis) is 1. The van der Waals surface area contributed by atoms with Gasteiger partial charge in [0.15, 0.2) is 0 Å². The van der Waals surface area contributed by atoms with E-state index in [4.69, 9.17) is 4.74 Å². The van der Waals surface area contributed by atoms with Crippen LogP contribution in [0.25, 0.3) is 6.08 Å². The number of rotatable bonds is 8. The first-order valence-electron chi connectivity index (χ1n) is 8.33. The average Bonchev–Trinajstić information content (AvgIpc) is 2.60. The van der Waals surface area contributed by atoms with Crippen molar-refractivity contribution in [2.24, 2.45) is 0 Å². The van der Waals surface area contributed by atoms with E-state index in [9.17, 15) is 9.59 Å². The molecule has 0 aromatic heterocycles. The Bertz CT molecular complexity index is 723. The number of hydrogen-bond acceptors (Lipinski definition) is 3. The van der Waals surface area contributed by atoms with Gasteiger partial charge in [-0.05, 0) is 30.0 Å². The van der Waals surface area contributed by atoms with Gasteiger partial charge in [0.05, 0.1) is 0 Å². The molecular formula is C21H23NO3. The molecular weight excluding hydrogens is 314 g/mol. The largest absolute Gasteiger partial charge is 0.445 e. The van der Waals surface area contributed by atoms with Gasteiger partial charge < -0.3 is 10.1 Å². The fourth-order valence-corrected chi connectivity index (χ4v) is 2.35. The summed E-state index contributed by atoms with van der Waals surface area (Å²) in [5.41, 5.74) is 3.02. The second-order valence-electron chi connectivity index (χ2n) is 5.80. The predicted octanol–water partition coefficient (Wildman–Crippen LogP) is 4.15. The standard InChI is InChI=1S/C21H23NO3/c1-17(23)14-20-12-7-11-18(15-20)8-5-6-13-22-21(24)25-16-19-9-3-2-4-10-19/h2-5,7-12,15H,6,13-14,16H2,1H3,(H,22,24). The van der Waals surface area contributed by atoms with E-state index in [1.807, 2.05) is 66.7 Å². The molecule has 0 heterocycles. The van der Waals surface area contributed by atoms with Crippen LogP contribution in [0.4, 0.5) is 4.79 Å².